The molecule has 0 aliphatic carbocycles. The molecule has 0 bridgehead atoms. The Bertz CT molecular complexity index is 725. The zero-order valence-corrected chi connectivity index (χ0v) is 13.4. The molecule has 2 aromatic rings. The summed E-state index contributed by atoms with van der Waals surface area (Å²) in [6.45, 7) is 3.74. The van der Waals surface area contributed by atoms with Crippen molar-refractivity contribution < 1.29 is 19.1 Å². The quantitative estimate of drug-likeness (QED) is 0.832. The SMILES string of the molecule is COc1cc(C=O)ccc1OCC(=O)Nc1cc(C)ccc1C. The molecule has 0 unspecified atom stereocenters. The van der Waals surface area contributed by atoms with E-state index in [2.05, 4.69) is 5.32 Å². The van der Waals surface area contributed by atoms with Crippen LogP contribution in [0, 0.1) is 13.8 Å². The topological polar surface area (TPSA) is 64.6 Å². The molecule has 0 saturated heterocycles. The molecule has 0 fully saturated rings. The van der Waals surface area contributed by atoms with E-state index in [4.69, 9.17) is 9.47 Å². The Kier molecular flexibility index (Phi) is 5.36. The number of rotatable bonds is 6. The average molecular weight is 313 g/mol. The highest BCUT2D eigenvalue weighted by atomic mass is 16.5. The van der Waals surface area contributed by atoms with Gasteiger partial charge in [-0.3, -0.25) is 9.59 Å². The normalized spacial score (nSPS) is 10.0. The van der Waals surface area contributed by atoms with E-state index in [1.807, 2.05) is 32.0 Å². The van der Waals surface area contributed by atoms with E-state index in [0.717, 1.165) is 23.1 Å². The third kappa shape index (κ3) is 4.32. The monoisotopic (exact) mass is 313 g/mol. The Labute approximate surface area is 135 Å². The molecular formula is C18H19NO4. The highest BCUT2D eigenvalue weighted by Gasteiger charge is 2.10. The molecule has 1 N–H and O–H groups in total. The van der Waals surface area contributed by atoms with Crippen LogP contribution < -0.4 is 14.8 Å². The lowest BCUT2D eigenvalue weighted by Gasteiger charge is -2.12. The van der Waals surface area contributed by atoms with Crippen LogP contribution in [-0.4, -0.2) is 25.9 Å². The van der Waals surface area contributed by atoms with E-state index in [0.29, 0.717) is 17.1 Å². The first-order chi connectivity index (χ1) is 11.0. The fraction of sp³-hybridized carbons (Fsp3) is 0.222. The van der Waals surface area contributed by atoms with Crippen LogP contribution in [0.15, 0.2) is 36.4 Å². The number of amides is 1. The molecule has 2 aromatic carbocycles. The summed E-state index contributed by atoms with van der Waals surface area (Å²) in [6.07, 6.45) is 0.722. The summed E-state index contributed by atoms with van der Waals surface area (Å²) in [7, 11) is 1.48. The highest BCUT2D eigenvalue weighted by molar-refractivity contribution is 5.92. The Morgan fingerprint density at radius 1 is 1.13 bits per heavy atom. The number of aldehydes is 1. The van der Waals surface area contributed by atoms with Gasteiger partial charge in [-0.15, -0.1) is 0 Å². The molecule has 0 aliphatic rings. The maximum absolute atomic E-state index is 12.0. The minimum absolute atomic E-state index is 0.149. The number of methoxy groups -OCH3 is 1. The van der Waals surface area contributed by atoms with Gasteiger partial charge in [0.05, 0.1) is 7.11 Å². The molecule has 5 heteroatoms. The van der Waals surface area contributed by atoms with Crippen molar-refractivity contribution in [1.29, 1.82) is 0 Å². The minimum Gasteiger partial charge on any atom is -0.493 e. The standard InChI is InChI=1S/C18H19NO4/c1-12-4-5-13(2)15(8-12)19-18(21)11-23-16-7-6-14(10-20)9-17(16)22-3/h4-10H,11H2,1-3H3,(H,19,21). The van der Waals surface area contributed by atoms with Gasteiger partial charge in [-0.1, -0.05) is 12.1 Å². The van der Waals surface area contributed by atoms with Crippen molar-refractivity contribution in [3.8, 4) is 11.5 Å². The van der Waals surface area contributed by atoms with E-state index >= 15 is 0 Å². The van der Waals surface area contributed by atoms with E-state index in [1.54, 1.807) is 18.2 Å². The Hall–Kier alpha value is -2.82. The molecule has 2 rings (SSSR count). The second kappa shape index (κ2) is 7.45. The predicted octanol–water partition coefficient (Wildman–Crippen LogP) is 3.14. The lowest BCUT2D eigenvalue weighted by molar-refractivity contribution is -0.118. The van der Waals surface area contributed by atoms with Crippen LogP contribution in [0.4, 0.5) is 5.69 Å². The van der Waals surface area contributed by atoms with Gasteiger partial charge < -0.3 is 14.8 Å². The van der Waals surface area contributed by atoms with Crippen LogP contribution in [0.3, 0.4) is 0 Å². The largest absolute Gasteiger partial charge is 0.493 e. The van der Waals surface area contributed by atoms with Gasteiger partial charge in [-0.05, 0) is 49.2 Å². The molecule has 5 nitrogen and oxygen atoms in total. The molecular weight excluding hydrogens is 294 g/mol. The fourth-order valence-corrected chi connectivity index (χ4v) is 2.08. The number of carbonyl (C=O) groups excluding carboxylic acids is 2. The van der Waals surface area contributed by atoms with Crippen molar-refractivity contribution in [2.24, 2.45) is 0 Å². The maximum atomic E-state index is 12.0. The van der Waals surface area contributed by atoms with Gasteiger partial charge in [0.25, 0.3) is 5.91 Å². The smallest absolute Gasteiger partial charge is 0.262 e. The minimum atomic E-state index is -0.264. The van der Waals surface area contributed by atoms with E-state index in [-0.39, 0.29) is 12.5 Å². The van der Waals surface area contributed by atoms with Gasteiger partial charge in [-0.25, -0.2) is 0 Å². The van der Waals surface area contributed by atoms with Crippen LogP contribution in [0.25, 0.3) is 0 Å². The second-order valence-electron chi connectivity index (χ2n) is 5.18. The van der Waals surface area contributed by atoms with Crippen molar-refractivity contribution in [2.75, 3.05) is 19.0 Å². The lowest BCUT2D eigenvalue weighted by Crippen LogP contribution is -2.20. The van der Waals surface area contributed by atoms with E-state index < -0.39 is 0 Å². The number of anilines is 1. The molecule has 0 heterocycles. The number of benzene rings is 2. The van der Waals surface area contributed by atoms with Crippen LogP contribution in [0.2, 0.25) is 0 Å². The molecule has 0 saturated carbocycles. The molecule has 0 radical (unpaired) electrons. The van der Waals surface area contributed by atoms with Crippen LogP contribution in [0.5, 0.6) is 11.5 Å². The van der Waals surface area contributed by atoms with Crippen LogP contribution in [-0.2, 0) is 4.79 Å². The number of ether oxygens (including phenoxy) is 2. The van der Waals surface area contributed by atoms with Gasteiger partial charge in [0, 0.05) is 11.3 Å². The van der Waals surface area contributed by atoms with Gasteiger partial charge >= 0.3 is 0 Å². The van der Waals surface area contributed by atoms with Crippen molar-refractivity contribution in [2.45, 2.75) is 13.8 Å². The van der Waals surface area contributed by atoms with Crippen molar-refractivity contribution in [3.63, 3.8) is 0 Å². The Morgan fingerprint density at radius 2 is 1.91 bits per heavy atom. The van der Waals surface area contributed by atoms with Gasteiger partial charge in [0.2, 0.25) is 0 Å². The molecule has 0 aromatic heterocycles. The predicted molar refractivity (Wildman–Crippen MR) is 88.4 cm³/mol. The van der Waals surface area contributed by atoms with E-state index in [1.165, 1.54) is 7.11 Å². The number of hydrogen-bond donors (Lipinski definition) is 1. The average Bonchev–Trinajstić information content (AvgIpc) is 2.56. The summed E-state index contributed by atoms with van der Waals surface area (Å²) in [4.78, 5) is 22.8. The molecule has 120 valence electrons. The number of nitrogens with one attached hydrogen (secondary N) is 1. The first-order valence-corrected chi connectivity index (χ1v) is 7.16. The summed E-state index contributed by atoms with van der Waals surface area (Å²) in [5, 5.41) is 2.82. The second-order valence-corrected chi connectivity index (χ2v) is 5.18. The first-order valence-electron chi connectivity index (χ1n) is 7.16. The third-order valence-electron chi connectivity index (χ3n) is 3.35. The number of aryl methyl sites for hydroxylation is 2. The van der Waals surface area contributed by atoms with Crippen molar-refractivity contribution in [3.05, 3.63) is 53.1 Å². The zero-order chi connectivity index (χ0) is 16.8. The van der Waals surface area contributed by atoms with Gasteiger partial charge in [-0.2, -0.15) is 0 Å². The fourth-order valence-electron chi connectivity index (χ4n) is 2.08. The Balaban J connectivity index is 2.02. The van der Waals surface area contributed by atoms with Crippen molar-refractivity contribution >= 4 is 17.9 Å². The summed E-state index contributed by atoms with van der Waals surface area (Å²) in [5.41, 5.74) is 3.30. The molecule has 0 atom stereocenters. The van der Waals surface area contributed by atoms with Gasteiger partial charge in [0.15, 0.2) is 18.1 Å². The van der Waals surface area contributed by atoms with Crippen LogP contribution >= 0.6 is 0 Å². The summed E-state index contributed by atoms with van der Waals surface area (Å²) < 4.78 is 10.6. The summed E-state index contributed by atoms with van der Waals surface area (Å²) >= 11 is 0. The number of hydrogen-bond acceptors (Lipinski definition) is 4. The molecule has 0 spiro atoms. The maximum Gasteiger partial charge on any atom is 0.262 e. The molecule has 23 heavy (non-hydrogen) atoms. The van der Waals surface area contributed by atoms with E-state index in [9.17, 15) is 9.59 Å². The summed E-state index contributed by atoms with van der Waals surface area (Å²) in [6, 6.07) is 10.6. The third-order valence-corrected chi connectivity index (χ3v) is 3.35. The molecule has 0 aliphatic heterocycles. The summed E-state index contributed by atoms with van der Waals surface area (Å²) in [5.74, 6) is 0.559. The van der Waals surface area contributed by atoms with Crippen LogP contribution in [0.1, 0.15) is 21.5 Å². The lowest BCUT2D eigenvalue weighted by atomic mass is 10.1. The number of carbonyl (C=O) groups is 2. The zero-order valence-electron chi connectivity index (χ0n) is 13.4. The van der Waals surface area contributed by atoms with Crippen molar-refractivity contribution in [1.82, 2.24) is 0 Å². The Morgan fingerprint density at radius 3 is 2.61 bits per heavy atom. The highest BCUT2D eigenvalue weighted by Crippen LogP contribution is 2.27. The first kappa shape index (κ1) is 16.5. The van der Waals surface area contributed by atoms with Gasteiger partial charge in [0.1, 0.15) is 6.29 Å². The molecule has 1 amide bonds.